The molecule has 20 heavy (non-hydrogen) atoms. The minimum atomic E-state index is -0.389. The molecule has 3 nitrogen and oxygen atoms in total. The second kappa shape index (κ2) is 5.97. The highest BCUT2D eigenvalue weighted by Gasteiger charge is 2.26. The first-order valence-corrected chi connectivity index (χ1v) is 8.02. The van der Waals surface area contributed by atoms with Crippen molar-refractivity contribution in [1.82, 2.24) is 4.98 Å². The number of halogens is 1. The van der Waals surface area contributed by atoms with Gasteiger partial charge in [-0.15, -0.1) is 11.8 Å². The zero-order valence-electron chi connectivity index (χ0n) is 10.6. The van der Waals surface area contributed by atoms with Crippen LogP contribution >= 0.6 is 27.7 Å². The second-order valence-corrected chi connectivity index (χ2v) is 6.45. The maximum absolute atomic E-state index is 12.3. The van der Waals surface area contributed by atoms with Crippen LogP contribution in [-0.2, 0) is 11.2 Å². The molecule has 2 heterocycles. The summed E-state index contributed by atoms with van der Waals surface area (Å²) >= 11 is 5.00. The van der Waals surface area contributed by atoms with Gasteiger partial charge in [-0.05, 0) is 40.2 Å². The van der Waals surface area contributed by atoms with Gasteiger partial charge < -0.3 is 4.74 Å². The first-order chi connectivity index (χ1) is 9.72. The van der Waals surface area contributed by atoms with Crippen LogP contribution in [0.4, 0.5) is 0 Å². The van der Waals surface area contributed by atoms with E-state index in [0.29, 0.717) is 12.2 Å². The number of carbonyl (C=O) groups excluding carboxylic acids is 1. The largest absolute Gasteiger partial charge is 0.481 e. The number of pyridine rings is 1. The molecule has 0 saturated carbocycles. The average Bonchev–Trinajstić information content (AvgIpc) is 2.49. The number of ketones is 1. The maximum Gasteiger partial charge on any atom is 0.180 e. The normalized spacial score (nSPS) is 17.1. The fourth-order valence-electron chi connectivity index (χ4n) is 1.98. The Hall–Kier alpha value is -1.33. The highest BCUT2D eigenvalue weighted by atomic mass is 79.9. The van der Waals surface area contributed by atoms with E-state index >= 15 is 0 Å². The number of aromatic nitrogens is 1. The van der Waals surface area contributed by atoms with Crippen molar-refractivity contribution in [2.45, 2.75) is 17.4 Å². The van der Waals surface area contributed by atoms with E-state index in [-0.39, 0.29) is 11.9 Å². The van der Waals surface area contributed by atoms with Crippen molar-refractivity contribution < 1.29 is 9.53 Å². The predicted octanol–water partition coefficient (Wildman–Crippen LogP) is 3.51. The van der Waals surface area contributed by atoms with Crippen LogP contribution in [0.3, 0.4) is 0 Å². The number of ether oxygens (including phenoxy) is 1. The third kappa shape index (κ3) is 3.04. The van der Waals surface area contributed by atoms with Crippen molar-refractivity contribution >= 4 is 33.5 Å². The molecule has 2 aromatic rings. The molecular weight excluding hydrogens is 338 g/mol. The molecule has 1 atom stereocenters. The van der Waals surface area contributed by atoms with Gasteiger partial charge in [0.2, 0.25) is 0 Å². The van der Waals surface area contributed by atoms with Crippen LogP contribution in [0.2, 0.25) is 0 Å². The number of thioether (sulfide) groups is 1. The van der Waals surface area contributed by atoms with Crippen LogP contribution in [0.15, 0.2) is 52.0 Å². The summed E-state index contributed by atoms with van der Waals surface area (Å²) in [4.78, 5) is 17.6. The molecular formula is C15H12BrNO2S. The molecule has 1 unspecified atom stereocenters. The van der Waals surface area contributed by atoms with Gasteiger partial charge in [0.05, 0.1) is 6.42 Å². The number of Topliss-reactive ketones (excluding diaryl/α,β-unsaturated/α-hetero) is 1. The minimum Gasteiger partial charge on any atom is -0.481 e. The molecule has 0 fully saturated rings. The monoisotopic (exact) mass is 349 g/mol. The maximum atomic E-state index is 12.3. The fraction of sp³-hybridized carbons (Fsp3) is 0.200. The van der Waals surface area contributed by atoms with Crippen molar-refractivity contribution in [2.75, 3.05) is 5.75 Å². The molecule has 3 rings (SSSR count). The average molecular weight is 350 g/mol. The number of rotatable bonds is 3. The van der Waals surface area contributed by atoms with E-state index in [1.807, 2.05) is 36.4 Å². The number of hydrogen-bond acceptors (Lipinski definition) is 4. The molecule has 0 aliphatic carbocycles. The molecule has 0 bridgehead atoms. The number of carbonyl (C=O) groups is 1. The molecule has 102 valence electrons. The van der Waals surface area contributed by atoms with E-state index in [4.69, 9.17) is 4.74 Å². The topological polar surface area (TPSA) is 39.2 Å². The van der Waals surface area contributed by atoms with E-state index in [0.717, 1.165) is 20.8 Å². The van der Waals surface area contributed by atoms with Gasteiger partial charge in [-0.3, -0.25) is 9.78 Å². The van der Waals surface area contributed by atoms with Crippen LogP contribution in [0.25, 0.3) is 0 Å². The molecule has 0 saturated heterocycles. The van der Waals surface area contributed by atoms with Crippen LogP contribution in [0.1, 0.15) is 5.69 Å². The molecule has 1 aliphatic rings. The molecule has 0 radical (unpaired) electrons. The summed E-state index contributed by atoms with van der Waals surface area (Å²) in [7, 11) is 0. The molecule has 0 amide bonds. The van der Waals surface area contributed by atoms with Gasteiger partial charge in [-0.25, -0.2) is 0 Å². The number of fused-ring (bicyclic) bond motifs is 1. The van der Waals surface area contributed by atoms with Gasteiger partial charge in [-0.1, -0.05) is 12.1 Å². The Labute approximate surface area is 129 Å². The molecule has 0 spiro atoms. The Kier molecular flexibility index (Phi) is 4.08. The minimum absolute atomic E-state index is 0.0711. The summed E-state index contributed by atoms with van der Waals surface area (Å²) in [6.07, 6.45) is 1.62. The molecule has 1 aromatic heterocycles. The summed E-state index contributed by atoms with van der Waals surface area (Å²) in [6, 6.07) is 11.6. The SMILES string of the molecule is O=C(Cc1ccc(Br)cn1)C1CSc2ccccc2O1. The van der Waals surface area contributed by atoms with Crippen molar-refractivity contribution in [3.63, 3.8) is 0 Å². The van der Waals surface area contributed by atoms with Crippen LogP contribution in [0.5, 0.6) is 5.75 Å². The van der Waals surface area contributed by atoms with Crippen molar-refractivity contribution in [3.8, 4) is 5.75 Å². The number of benzene rings is 1. The van der Waals surface area contributed by atoms with Gasteiger partial charge in [-0.2, -0.15) is 0 Å². The van der Waals surface area contributed by atoms with Gasteiger partial charge >= 0.3 is 0 Å². The number of para-hydroxylation sites is 1. The van der Waals surface area contributed by atoms with Gasteiger partial charge in [0, 0.05) is 27.0 Å². The van der Waals surface area contributed by atoms with E-state index in [9.17, 15) is 4.79 Å². The van der Waals surface area contributed by atoms with Gasteiger partial charge in [0.1, 0.15) is 5.75 Å². The summed E-state index contributed by atoms with van der Waals surface area (Å²) in [5.41, 5.74) is 0.769. The fourth-order valence-corrected chi connectivity index (χ4v) is 3.23. The Bertz CT molecular complexity index is 630. The number of nitrogens with zero attached hydrogens (tertiary/aromatic N) is 1. The number of hydrogen-bond donors (Lipinski definition) is 0. The first kappa shape index (κ1) is 13.6. The summed E-state index contributed by atoms with van der Waals surface area (Å²) < 4.78 is 6.69. The van der Waals surface area contributed by atoms with Crippen molar-refractivity contribution in [1.29, 1.82) is 0 Å². The summed E-state index contributed by atoms with van der Waals surface area (Å²) in [6.45, 7) is 0. The van der Waals surface area contributed by atoms with Crippen LogP contribution in [-0.4, -0.2) is 22.6 Å². The lowest BCUT2D eigenvalue weighted by Crippen LogP contribution is -2.33. The van der Waals surface area contributed by atoms with E-state index in [2.05, 4.69) is 20.9 Å². The highest BCUT2D eigenvalue weighted by molar-refractivity contribution is 9.10. The molecule has 1 aliphatic heterocycles. The van der Waals surface area contributed by atoms with Crippen molar-refractivity contribution in [2.24, 2.45) is 0 Å². The third-order valence-electron chi connectivity index (χ3n) is 3.01. The van der Waals surface area contributed by atoms with E-state index in [1.54, 1.807) is 18.0 Å². The van der Waals surface area contributed by atoms with Gasteiger partial charge in [0.25, 0.3) is 0 Å². The molecule has 1 aromatic carbocycles. The lowest BCUT2D eigenvalue weighted by Gasteiger charge is -2.24. The Morgan fingerprint density at radius 2 is 2.20 bits per heavy atom. The zero-order valence-corrected chi connectivity index (χ0v) is 13.0. The Balaban J connectivity index is 1.68. The standard InChI is InChI=1S/C15H12BrNO2S/c16-10-5-6-11(17-8-10)7-12(18)14-9-20-15-4-2-1-3-13(15)19-14/h1-6,8,14H,7,9H2. The highest BCUT2D eigenvalue weighted by Crippen LogP contribution is 2.35. The summed E-state index contributed by atoms with van der Waals surface area (Å²) in [5, 5.41) is 0. The predicted molar refractivity (Wildman–Crippen MR) is 82.2 cm³/mol. The Morgan fingerprint density at radius 1 is 1.35 bits per heavy atom. The lowest BCUT2D eigenvalue weighted by molar-refractivity contribution is -0.124. The zero-order chi connectivity index (χ0) is 13.9. The van der Waals surface area contributed by atoms with Crippen molar-refractivity contribution in [3.05, 3.63) is 52.8 Å². The third-order valence-corrected chi connectivity index (χ3v) is 4.60. The Morgan fingerprint density at radius 3 is 3.00 bits per heavy atom. The van der Waals surface area contributed by atoms with Crippen LogP contribution < -0.4 is 4.74 Å². The first-order valence-electron chi connectivity index (χ1n) is 6.24. The smallest absolute Gasteiger partial charge is 0.180 e. The van der Waals surface area contributed by atoms with E-state index in [1.165, 1.54) is 0 Å². The second-order valence-electron chi connectivity index (χ2n) is 4.48. The quantitative estimate of drug-likeness (QED) is 0.849. The lowest BCUT2D eigenvalue weighted by atomic mass is 10.1. The van der Waals surface area contributed by atoms with E-state index < -0.39 is 0 Å². The van der Waals surface area contributed by atoms with Gasteiger partial charge in [0.15, 0.2) is 11.9 Å². The molecule has 5 heteroatoms. The van der Waals surface area contributed by atoms with Crippen LogP contribution in [0, 0.1) is 0 Å². The molecule has 0 N–H and O–H groups in total. The summed E-state index contributed by atoms with van der Waals surface area (Å²) in [5.74, 6) is 1.53.